The fraction of sp³-hybridized carbons (Fsp3) is 0.308. The van der Waals surface area contributed by atoms with Gasteiger partial charge in [0, 0.05) is 24.8 Å². The summed E-state index contributed by atoms with van der Waals surface area (Å²) in [5.41, 5.74) is 0.176. The molecule has 0 saturated carbocycles. The van der Waals surface area contributed by atoms with Crippen molar-refractivity contribution >= 4 is 53.8 Å². The van der Waals surface area contributed by atoms with Gasteiger partial charge in [-0.15, -0.1) is 0 Å². The number of benzene rings is 1. The van der Waals surface area contributed by atoms with Gasteiger partial charge in [-0.1, -0.05) is 12.2 Å². The molecular formula is C26H25F2N5O6S2. The van der Waals surface area contributed by atoms with Crippen molar-refractivity contribution in [3.8, 4) is 0 Å². The second-order valence-electron chi connectivity index (χ2n) is 9.71. The van der Waals surface area contributed by atoms with Crippen molar-refractivity contribution in [1.82, 2.24) is 14.8 Å². The molecule has 1 saturated heterocycles. The zero-order valence-corrected chi connectivity index (χ0v) is 23.6. The Morgan fingerprint density at radius 1 is 1.15 bits per heavy atom. The predicted octanol–water partition coefficient (Wildman–Crippen LogP) is 3.76. The Balaban J connectivity index is 1.61. The Hall–Kier alpha value is -3.82. The minimum Gasteiger partial charge on any atom is -0.356 e. The molecule has 1 unspecified atom stereocenters. The van der Waals surface area contributed by atoms with Crippen molar-refractivity contribution < 1.29 is 35.1 Å². The SMILES string of the molecule is CS(=O)(=O)N=C1C=CC(c2cnc3c(c2)c(C(=O)c2ccc(F)c(NS(C)(=O)=O)c2F)nn3C2CCCCO2)=CC1. The number of rotatable bonds is 7. The molecule has 0 bridgehead atoms. The number of aromatic nitrogens is 3. The van der Waals surface area contributed by atoms with E-state index in [2.05, 4.69) is 14.5 Å². The van der Waals surface area contributed by atoms with Crippen molar-refractivity contribution in [2.24, 2.45) is 4.40 Å². The van der Waals surface area contributed by atoms with Crippen molar-refractivity contribution in [2.45, 2.75) is 31.9 Å². The molecule has 0 amide bonds. The fourth-order valence-electron chi connectivity index (χ4n) is 4.63. The molecule has 0 spiro atoms. The maximum atomic E-state index is 15.4. The quantitative estimate of drug-likeness (QED) is 0.400. The Labute approximate surface area is 234 Å². The molecule has 15 heteroatoms. The number of halogens is 2. The van der Waals surface area contributed by atoms with Crippen molar-refractivity contribution in [1.29, 1.82) is 0 Å². The van der Waals surface area contributed by atoms with Gasteiger partial charge in [0.25, 0.3) is 0 Å². The highest BCUT2D eigenvalue weighted by Gasteiger charge is 2.29. The predicted molar refractivity (Wildman–Crippen MR) is 149 cm³/mol. The monoisotopic (exact) mass is 605 g/mol. The van der Waals surface area contributed by atoms with Crippen LogP contribution in [0.3, 0.4) is 0 Å². The number of hydrogen-bond donors (Lipinski definition) is 1. The standard InChI is InChI=1S/C26H25F2N5O6S2/c1-40(35,36)31-17-8-6-15(7-9-17)16-13-19-23(30-33(26(19)29-14-16)21-5-3-4-12-39-21)25(34)18-10-11-20(27)24(22(18)28)32-41(2,37)38/h6-8,10-11,13-14,21,32H,3-5,9,12H2,1-2H3. The summed E-state index contributed by atoms with van der Waals surface area (Å²) in [4.78, 5) is 18.2. The highest BCUT2D eigenvalue weighted by molar-refractivity contribution is 7.92. The minimum absolute atomic E-state index is 0.181. The van der Waals surface area contributed by atoms with Gasteiger partial charge in [-0.3, -0.25) is 9.52 Å². The van der Waals surface area contributed by atoms with Crippen LogP contribution in [-0.4, -0.2) is 62.2 Å². The first-order valence-corrected chi connectivity index (χ1v) is 16.2. The van der Waals surface area contributed by atoms with Gasteiger partial charge in [-0.2, -0.15) is 9.50 Å². The van der Waals surface area contributed by atoms with Crippen LogP contribution in [0, 0.1) is 11.6 Å². The Bertz CT molecular complexity index is 1880. The van der Waals surface area contributed by atoms with Gasteiger partial charge in [0.2, 0.25) is 25.8 Å². The molecule has 3 aromatic rings. The van der Waals surface area contributed by atoms with Gasteiger partial charge in [-0.25, -0.2) is 35.3 Å². The topological polar surface area (TPSA) is 150 Å². The van der Waals surface area contributed by atoms with Gasteiger partial charge in [-0.05, 0) is 49.1 Å². The summed E-state index contributed by atoms with van der Waals surface area (Å²) in [5, 5.41) is 4.72. The number of carbonyl (C=O) groups excluding carboxylic acids is 1. The molecule has 216 valence electrons. The number of carbonyl (C=O) groups is 1. The number of allylic oxidation sites excluding steroid dienone is 4. The molecule has 2 aliphatic rings. The number of fused-ring (bicyclic) bond motifs is 1. The average Bonchev–Trinajstić information content (AvgIpc) is 3.29. The maximum Gasteiger partial charge on any atom is 0.250 e. The van der Waals surface area contributed by atoms with Gasteiger partial charge >= 0.3 is 0 Å². The number of nitrogens with zero attached hydrogens (tertiary/aromatic N) is 4. The van der Waals surface area contributed by atoms with Crippen molar-refractivity contribution in [3.63, 3.8) is 0 Å². The summed E-state index contributed by atoms with van der Waals surface area (Å²) in [6, 6.07) is 3.37. The van der Waals surface area contributed by atoms with Gasteiger partial charge in [0.15, 0.2) is 17.7 Å². The van der Waals surface area contributed by atoms with E-state index in [1.54, 1.807) is 35.2 Å². The lowest BCUT2D eigenvalue weighted by molar-refractivity contribution is -0.0371. The molecule has 2 aromatic heterocycles. The molecule has 1 aliphatic heterocycles. The van der Waals surface area contributed by atoms with Crippen molar-refractivity contribution in [2.75, 3.05) is 23.8 Å². The third-order valence-electron chi connectivity index (χ3n) is 6.42. The van der Waals surface area contributed by atoms with Crippen LogP contribution in [-0.2, 0) is 24.8 Å². The van der Waals surface area contributed by atoms with Gasteiger partial charge in [0.1, 0.15) is 17.2 Å². The molecule has 0 radical (unpaired) electrons. The van der Waals surface area contributed by atoms with E-state index in [4.69, 9.17) is 4.74 Å². The highest BCUT2D eigenvalue weighted by atomic mass is 32.2. The summed E-state index contributed by atoms with van der Waals surface area (Å²) in [6.07, 6.45) is 10.3. The number of anilines is 1. The third-order valence-corrected chi connectivity index (χ3v) is 7.56. The van der Waals surface area contributed by atoms with Crippen LogP contribution in [0.15, 0.2) is 47.0 Å². The van der Waals surface area contributed by atoms with E-state index < -0.39 is 54.9 Å². The fourth-order valence-corrected chi connectivity index (χ4v) is 5.75. The molecule has 1 N–H and O–H groups in total. The number of nitrogens with one attached hydrogen (secondary N) is 1. The first-order valence-electron chi connectivity index (χ1n) is 12.5. The Morgan fingerprint density at radius 2 is 1.93 bits per heavy atom. The molecule has 5 rings (SSSR count). The molecule has 41 heavy (non-hydrogen) atoms. The Kier molecular flexibility index (Phi) is 7.61. The second-order valence-corrected chi connectivity index (χ2v) is 13.1. The lowest BCUT2D eigenvalue weighted by atomic mass is 9.98. The molecule has 1 aliphatic carbocycles. The van der Waals surface area contributed by atoms with E-state index in [1.807, 2.05) is 0 Å². The van der Waals surface area contributed by atoms with Crippen LogP contribution < -0.4 is 4.72 Å². The summed E-state index contributed by atoms with van der Waals surface area (Å²) >= 11 is 0. The smallest absolute Gasteiger partial charge is 0.250 e. The first kappa shape index (κ1) is 28.7. The number of pyridine rings is 1. The van der Waals surface area contributed by atoms with E-state index in [0.29, 0.717) is 35.5 Å². The van der Waals surface area contributed by atoms with Crippen LogP contribution in [0.2, 0.25) is 0 Å². The van der Waals surface area contributed by atoms with E-state index in [0.717, 1.165) is 37.5 Å². The number of ether oxygens (including phenoxy) is 1. The van der Waals surface area contributed by atoms with Gasteiger partial charge in [0.05, 0.1) is 29.2 Å². The highest BCUT2D eigenvalue weighted by Crippen LogP contribution is 2.32. The zero-order chi connectivity index (χ0) is 29.5. The van der Waals surface area contributed by atoms with Crippen LogP contribution in [0.1, 0.15) is 53.5 Å². The molecule has 3 heterocycles. The molecule has 11 nitrogen and oxygen atoms in total. The number of ketones is 1. The summed E-state index contributed by atoms with van der Waals surface area (Å²) in [6.45, 7) is 0.482. The lowest BCUT2D eigenvalue weighted by Gasteiger charge is -2.23. The third kappa shape index (κ3) is 6.26. The van der Waals surface area contributed by atoms with Crippen molar-refractivity contribution in [3.05, 3.63) is 71.1 Å². The van der Waals surface area contributed by atoms with Crippen LogP contribution in [0.5, 0.6) is 0 Å². The van der Waals surface area contributed by atoms with Crippen LogP contribution >= 0.6 is 0 Å². The molecular weight excluding hydrogens is 580 g/mol. The van der Waals surface area contributed by atoms with E-state index in [-0.39, 0.29) is 17.5 Å². The number of hydrogen-bond acceptors (Lipinski definition) is 8. The molecule has 1 atom stereocenters. The van der Waals surface area contributed by atoms with E-state index in [1.165, 1.54) is 4.68 Å². The van der Waals surface area contributed by atoms with Gasteiger partial charge < -0.3 is 4.74 Å². The molecule has 1 fully saturated rings. The maximum absolute atomic E-state index is 15.4. The minimum atomic E-state index is -4.05. The normalized spacial score (nSPS) is 19.0. The second kappa shape index (κ2) is 10.9. The van der Waals surface area contributed by atoms with Crippen LogP contribution in [0.25, 0.3) is 16.6 Å². The lowest BCUT2D eigenvalue weighted by Crippen LogP contribution is -2.20. The van der Waals surface area contributed by atoms with E-state index in [9.17, 15) is 26.0 Å². The van der Waals surface area contributed by atoms with Crippen LogP contribution in [0.4, 0.5) is 14.5 Å². The summed E-state index contributed by atoms with van der Waals surface area (Å²) in [5.74, 6) is -3.47. The number of sulfonamides is 2. The molecule has 1 aromatic carbocycles. The summed E-state index contributed by atoms with van der Waals surface area (Å²) in [7, 11) is -7.61. The Morgan fingerprint density at radius 3 is 2.56 bits per heavy atom. The average molecular weight is 606 g/mol. The van der Waals surface area contributed by atoms with E-state index >= 15 is 4.39 Å². The first-order chi connectivity index (χ1) is 19.3. The zero-order valence-electron chi connectivity index (χ0n) is 22.0. The largest absolute Gasteiger partial charge is 0.356 e. The summed E-state index contributed by atoms with van der Waals surface area (Å²) < 4.78 is 88.8.